The number of nitriles is 1. The number of benzene rings is 1. The lowest BCUT2D eigenvalue weighted by Crippen LogP contribution is -2.31. The summed E-state index contributed by atoms with van der Waals surface area (Å²) in [5.41, 5.74) is 2.90. The highest BCUT2D eigenvalue weighted by atomic mass is 32.2. The summed E-state index contributed by atoms with van der Waals surface area (Å²) in [4.78, 5) is 25.5. The Kier molecular flexibility index (Phi) is 7.67. The number of dihydropyridines is 1. The van der Waals surface area contributed by atoms with E-state index in [1.807, 2.05) is 38.1 Å². The van der Waals surface area contributed by atoms with E-state index in [-0.39, 0.29) is 23.7 Å². The number of allylic oxidation sites excluding steroid dienone is 2. The maximum absolute atomic E-state index is 13.4. The van der Waals surface area contributed by atoms with Gasteiger partial charge in [-0.05, 0) is 58.4 Å². The predicted octanol–water partition coefficient (Wildman–Crippen LogP) is 4.92. The van der Waals surface area contributed by atoms with Crippen LogP contribution >= 0.6 is 11.8 Å². The van der Waals surface area contributed by atoms with Crippen molar-refractivity contribution in [3.63, 3.8) is 0 Å². The molecule has 8 heteroatoms. The maximum atomic E-state index is 13.4. The summed E-state index contributed by atoms with van der Waals surface area (Å²) in [5, 5.41) is 16.7. The van der Waals surface area contributed by atoms with Crippen LogP contribution in [-0.4, -0.2) is 23.7 Å². The minimum Gasteiger partial charge on any atom is -0.465 e. The minimum atomic E-state index is -0.711. The van der Waals surface area contributed by atoms with Crippen molar-refractivity contribution in [1.82, 2.24) is 5.32 Å². The molecule has 1 atom stereocenters. The fraction of sp³-hybridized carbons (Fsp3) is 0.320. The summed E-state index contributed by atoms with van der Waals surface area (Å²) in [7, 11) is 0. The van der Waals surface area contributed by atoms with E-state index in [9.17, 15) is 14.9 Å². The average molecular weight is 466 g/mol. The largest absolute Gasteiger partial charge is 0.465 e. The van der Waals surface area contributed by atoms with Crippen LogP contribution in [0.3, 0.4) is 0 Å². The minimum absolute atomic E-state index is 0.0353. The van der Waals surface area contributed by atoms with Crippen molar-refractivity contribution in [2.45, 2.75) is 46.6 Å². The number of rotatable bonds is 7. The fourth-order valence-electron chi connectivity index (χ4n) is 3.55. The summed E-state index contributed by atoms with van der Waals surface area (Å²) in [5.74, 6) is -0.221. The number of amides is 1. The number of furan rings is 1. The van der Waals surface area contributed by atoms with E-state index in [4.69, 9.17) is 9.15 Å². The van der Waals surface area contributed by atoms with Crippen LogP contribution in [-0.2, 0) is 14.3 Å². The molecule has 0 saturated heterocycles. The predicted molar refractivity (Wildman–Crippen MR) is 128 cm³/mol. The van der Waals surface area contributed by atoms with Crippen molar-refractivity contribution in [3.8, 4) is 6.07 Å². The molecule has 3 rings (SSSR count). The third kappa shape index (κ3) is 5.68. The second-order valence-electron chi connectivity index (χ2n) is 8.00. The van der Waals surface area contributed by atoms with Crippen LogP contribution in [0.1, 0.15) is 43.8 Å². The van der Waals surface area contributed by atoms with E-state index < -0.39 is 5.92 Å². The zero-order valence-electron chi connectivity index (χ0n) is 19.3. The molecule has 33 heavy (non-hydrogen) atoms. The van der Waals surface area contributed by atoms with Gasteiger partial charge in [0.15, 0.2) is 0 Å². The molecule has 2 aromatic rings. The van der Waals surface area contributed by atoms with Gasteiger partial charge in [-0.1, -0.05) is 30.0 Å². The molecular formula is C25H27N3O4S. The highest BCUT2D eigenvalue weighted by Crippen LogP contribution is 2.41. The molecule has 1 aromatic carbocycles. The summed E-state index contributed by atoms with van der Waals surface area (Å²) in [6, 6.07) is 13.3. The highest BCUT2D eigenvalue weighted by Gasteiger charge is 2.37. The number of carbonyl (C=O) groups excluding carboxylic acids is 2. The molecule has 172 valence electrons. The first kappa shape index (κ1) is 24.2. The number of hydrogen-bond donors (Lipinski definition) is 2. The Morgan fingerprint density at radius 3 is 2.55 bits per heavy atom. The SMILES string of the molecule is CC1=C(C(=O)Nc2ccccc2C)C(c2ccc(C)o2)C(C#N)=C(SCC(=O)OC(C)C)N1. The Balaban J connectivity index is 1.98. The van der Waals surface area contributed by atoms with Crippen molar-refractivity contribution in [3.05, 3.63) is 75.4 Å². The van der Waals surface area contributed by atoms with Gasteiger partial charge in [0.05, 0.1) is 40.0 Å². The third-order valence-electron chi connectivity index (χ3n) is 5.03. The Morgan fingerprint density at radius 1 is 1.21 bits per heavy atom. The molecule has 0 spiro atoms. The second kappa shape index (κ2) is 10.5. The van der Waals surface area contributed by atoms with Crippen molar-refractivity contribution < 1.29 is 18.7 Å². The normalized spacial score (nSPS) is 15.8. The lowest BCUT2D eigenvalue weighted by molar-refractivity contribution is -0.144. The molecule has 1 aromatic heterocycles. The number of hydrogen-bond acceptors (Lipinski definition) is 7. The number of para-hydroxylation sites is 1. The molecule has 1 aliphatic heterocycles. The van der Waals surface area contributed by atoms with E-state index in [1.54, 1.807) is 32.9 Å². The molecular weight excluding hydrogens is 438 g/mol. The van der Waals surface area contributed by atoms with Gasteiger partial charge in [-0.25, -0.2) is 0 Å². The topological polar surface area (TPSA) is 104 Å². The second-order valence-corrected chi connectivity index (χ2v) is 8.98. The molecule has 7 nitrogen and oxygen atoms in total. The van der Waals surface area contributed by atoms with Crippen LogP contribution in [0.25, 0.3) is 0 Å². The molecule has 0 saturated carbocycles. The van der Waals surface area contributed by atoms with Gasteiger partial charge < -0.3 is 19.8 Å². The number of aryl methyl sites for hydroxylation is 2. The van der Waals surface area contributed by atoms with Crippen LogP contribution < -0.4 is 10.6 Å². The lowest BCUT2D eigenvalue weighted by Gasteiger charge is -2.28. The van der Waals surface area contributed by atoms with E-state index in [0.717, 1.165) is 5.56 Å². The van der Waals surface area contributed by atoms with Crippen LogP contribution in [0.5, 0.6) is 0 Å². The van der Waals surface area contributed by atoms with E-state index >= 15 is 0 Å². The molecule has 2 heterocycles. The van der Waals surface area contributed by atoms with Crippen LogP contribution in [0.4, 0.5) is 5.69 Å². The molecule has 1 aliphatic rings. The number of ether oxygens (including phenoxy) is 1. The van der Waals surface area contributed by atoms with Crippen LogP contribution in [0.15, 0.2) is 62.7 Å². The zero-order chi connectivity index (χ0) is 24.1. The monoisotopic (exact) mass is 465 g/mol. The van der Waals surface area contributed by atoms with Crippen molar-refractivity contribution in [2.75, 3.05) is 11.1 Å². The summed E-state index contributed by atoms with van der Waals surface area (Å²) >= 11 is 1.17. The van der Waals surface area contributed by atoms with E-state index in [1.165, 1.54) is 11.8 Å². The first-order valence-electron chi connectivity index (χ1n) is 10.6. The molecule has 0 radical (unpaired) electrons. The van der Waals surface area contributed by atoms with Gasteiger partial charge in [-0.3, -0.25) is 9.59 Å². The smallest absolute Gasteiger partial charge is 0.316 e. The number of esters is 1. The molecule has 2 N–H and O–H groups in total. The van der Waals surface area contributed by atoms with E-state index in [0.29, 0.717) is 39.1 Å². The molecule has 0 aliphatic carbocycles. The first-order valence-corrected chi connectivity index (χ1v) is 11.6. The van der Waals surface area contributed by atoms with Crippen molar-refractivity contribution in [2.24, 2.45) is 0 Å². The Hall–Kier alpha value is -3.44. The van der Waals surface area contributed by atoms with Crippen molar-refractivity contribution in [1.29, 1.82) is 5.26 Å². The third-order valence-corrected chi connectivity index (χ3v) is 6.02. The summed E-state index contributed by atoms with van der Waals surface area (Å²) in [6.07, 6.45) is -0.223. The first-order chi connectivity index (χ1) is 15.7. The number of anilines is 1. The average Bonchev–Trinajstić information content (AvgIpc) is 3.18. The summed E-state index contributed by atoms with van der Waals surface area (Å²) < 4.78 is 11.1. The van der Waals surface area contributed by atoms with Crippen LogP contribution in [0, 0.1) is 25.2 Å². The number of nitrogens with one attached hydrogen (secondary N) is 2. The molecule has 1 unspecified atom stereocenters. The standard InChI is InChI=1S/C25H27N3O4S/c1-14(2)31-21(29)13-33-25-18(12-26)23(20-11-10-16(4)32-20)22(17(5)27-25)24(30)28-19-9-7-6-8-15(19)3/h6-11,14,23,27H,13H2,1-5H3,(H,28,30). The van der Waals surface area contributed by atoms with E-state index in [2.05, 4.69) is 16.7 Å². The molecule has 0 fully saturated rings. The lowest BCUT2D eigenvalue weighted by atomic mass is 9.85. The van der Waals surface area contributed by atoms with Gasteiger partial charge in [0.25, 0.3) is 5.91 Å². The number of carbonyl (C=O) groups is 2. The Morgan fingerprint density at radius 2 is 1.94 bits per heavy atom. The van der Waals surface area contributed by atoms with Gasteiger partial charge >= 0.3 is 5.97 Å². The summed E-state index contributed by atoms with van der Waals surface area (Å²) in [6.45, 7) is 9.05. The zero-order valence-corrected chi connectivity index (χ0v) is 20.1. The van der Waals surface area contributed by atoms with Gasteiger partial charge in [0.1, 0.15) is 11.5 Å². The van der Waals surface area contributed by atoms with Gasteiger partial charge in [-0.2, -0.15) is 5.26 Å². The maximum Gasteiger partial charge on any atom is 0.316 e. The molecule has 0 bridgehead atoms. The Bertz CT molecular complexity index is 1170. The number of thioether (sulfide) groups is 1. The number of nitrogens with zero attached hydrogens (tertiary/aromatic N) is 1. The van der Waals surface area contributed by atoms with Crippen LogP contribution in [0.2, 0.25) is 0 Å². The quantitative estimate of drug-likeness (QED) is 0.560. The van der Waals surface area contributed by atoms with Crippen molar-refractivity contribution >= 4 is 29.3 Å². The fourth-order valence-corrected chi connectivity index (χ4v) is 4.43. The van der Waals surface area contributed by atoms with Gasteiger partial charge in [0, 0.05) is 11.4 Å². The highest BCUT2D eigenvalue weighted by molar-refractivity contribution is 8.03. The Labute approximate surface area is 197 Å². The van der Waals surface area contributed by atoms with Gasteiger partial charge in [-0.15, -0.1) is 0 Å². The molecule has 1 amide bonds. The van der Waals surface area contributed by atoms with Gasteiger partial charge in [0.2, 0.25) is 0 Å².